The zero-order chi connectivity index (χ0) is 24.0. The van der Waals surface area contributed by atoms with Gasteiger partial charge in [-0.2, -0.15) is 0 Å². The summed E-state index contributed by atoms with van der Waals surface area (Å²) in [6.45, 7) is 1.99. The molecule has 0 atom stereocenters. The maximum Gasteiger partial charge on any atom is 0.338 e. The van der Waals surface area contributed by atoms with Gasteiger partial charge < -0.3 is 15.0 Å². The minimum Gasteiger partial charge on any atom is -0.462 e. The number of benzene rings is 2. The minimum atomic E-state index is -0.434. The first-order valence-electron chi connectivity index (χ1n) is 10.4. The second-order valence-electron chi connectivity index (χ2n) is 7.42. The number of thioether (sulfide) groups is 1. The second-order valence-corrected chi connectivity index (χ2v) is 8.41. The molecule has 0 radical (unpaired) electrons. The number of hydrogen-bond acceptors (Lipinski definition) is 7. The third-order valence-corrected chi connectivity index (χ3v) is 5.73. The van der Waals surface area contributed by atoms with Crippen LogP contribution in [0.1, 0.15) is 29.3 Å². The highest BCUT2D eigenvalue weighted by atomic mass is 32.2. The lowest BCUT2D eigenvalue weighted by molar-refractivity contribution is -0.123. The van der Waals surface area contributed by atoms with Crippen LogP contribution in [0.4, 0.5) is 16.2 Å². The number of nitrogens with one attached hydrogen (secondary N) is 1. The molecule has 2 aromatic rings. The molecule has 1 aliphatic heterocycles. The summed E-state index contributed by atoms with van der Waals surface area (Å²) in [5.74, 6) is -1.19. The number of imide groups is 1. The molecule has 3 rings (SSSR count). The molecule has 0 unspecified atom stereocenters. The van der Waals surface area contributed by atoms with E-state index in [1.165, 1.54) is 0 Å². The molecule has 0 aromatic heterocycles. The lowest BCUT2D eigenvalue weighted by Crippen LogP contribution is -2.31. The lowest BCUT2D eigenvalue weighted by atomic mass is 10.2. The van der Waals surface area contributed by atoms with Crippen LogP contribution in [0.3, 0.4) is 0 Å². The zero-order valence-corrected chi connectivity index (χ0v) is 19.5. The van der Waals surface area contributed by atoms with Crippen molar-refractivity contribution < 1.29 is 23.9 Å². The van der Waals surface area contributed by atoms with Crippen LogP contribution in [0.15, 0.2) is 53.4 Å². The average Bonchev–Trinajstić information content (AvgIpc) is 3.05. The van der Waals surface area contributed by atoms with Crippen LogP contribution < -0.4 is 10.2 Å². The number of esters is 1. The van der Waals surface area contributed by atoms with Crippen molar-refractivity contribution >= 4 is 52.2 Å². The van der Waals surface area contributed by atoms with Gasteiger partial charge in [-0.25, -0.2) is 4.79 Å². The van der Waals surface area contributed by atoms with Gasteiger partial charge in [-0.1, -0.05) is 12.1 Å². The Hall–Kier alpha value is -3.59. The molecule has 2 aromatic carbocycles. The Morgan fingerprint density at radius 2 is 1.73 bits per heavy atom. The van der Waals surface area contributed by atoms with Crippen LogP contribution in [0.5, 0.6) is 0 Å². The van der Waals surface area contributed by atoms with Gasteiger partial charge in [0.15, 0.2) is 0 Å². The molecule has 33 heavy (non-hydrogen) atoms. The molecular formula is C24H25N3O5S. The van der Waals surface area contributed by atoms with Crippen molar-refractivity contribution in [1.82, 2.24) is 4.90 Å². The van der Waals surface area contributed by atoms with Gasteiger partial charge in [0.2, 0.25) is 5.91 Å². The number of rotatable bonds is 8. The Labute approximate surface area is 196 Å². The number of anilines is 2. The van der Waals surface area contributed by atoms with Crippen LogP contribution in [-0.2, 0) is 14.3 Å². The van der Waals surface area contributed by atoms with Gasteiger partial charge in [0, 0.05) is 38.4 Å². The molecule has 1 heterocycles. The van der Waals surface area contributed by atoms with Crippen molar-refractivity contribution in [1.29, 1.82) is 0 Å². The van der Waals surface area contributed by atoms with Gasteiger partial charge in [0.25, 0.3) is 11.1 Å². The monoisotopic (exact) mass is 467 g/mol. The number of amides is 3. The third-order valence-electron chi connectivity index (χ3n) is 4.82. The minimum absolute atomic E-state index is 0.0195. The third kappa shape index (κ3) is 6.23. The first-order valence-corrected chi connectivity index (χ1v) is 11.2. The van der Waals surface area contributed by atoms with Crippen LogP contribution in [-0.4, -0.2) is 55.2 Å². The molecule has 1 saturated heterocycles. The largest absolute Gasteiger partial charge is 0.462 e. The molecule has 1 N–H and O–H groups in total. The maximum atomic E-state index is 12.7. The fourth-order valence-electron chi connectivity index (χ4n) is 3.05. The highest BCUT2D eigenvalue weighted by Crippen LogP contribution is 2.32. The Morgan fingerprint density at radius 1 is 1.06 bits per heavy atom. The van der Waals surface area contributed by atoms with E-state index >= 15 is 0 Å². The summed E-state index contributed by atoms with van der Waals surface area (Å²) < 4.78 is 4.92. The zero-order valence-electron chi connectivity index (χ0n) is 18.7. The molecule has 0 saturated carbocycles. The van der Waals surface area contributed by atoms with Gasteiger partial charge in [-0.15, -0.1) is 0 Å². The summed E-state index contributed by atoms with van der Waals surface area (Å²) in [5.41, 5.74) is 2.73. The van der Waals surface area contributed by atoms with E-state index in [4.69, 9.17) is 4.74 Å². The molecule has 9 heteroatoms. The molecule has 172 valence electrons. The van der Waals surface area contributed by atoms with E-state index in [2.05, 4.69) is 5.32 Å². The van der Waals surface area contributed by atoms with Crippen molar-refractivity contribution in [3.63, 3.8) is 0 Å². The van der Waals surface area contributed by atoms with Crippen molar-refractivity contribution in [2.75, 3.05) is 37.5 Å². The van der Waals surface area contributed by atoms with Crippen molar-refractivity contribution in [2.45, 2.75) is 13.3 Å². The van der Waals surface area contributed by atoms with Crippen LogP contribution in [0.2, 0.25) is 0 Å². The van der Waals surface area contributed by atoms with E-state index in [1.807, 2.05) is 43.3 Å². The normalized spacial score (nSPS) is 14.5. The number of carbonyl (C=O) groups excluding carboxylic acids is 4. The topological polar surface area (TPSA) is 96.0 Å². The fraction of sp³-hybridized carbons (Fsp3) is 0.250. The van der Waals surface area contributed by atoms with E-state index in [0.29, 0.717) is 16.2 Å². The highest BCUT2D eigenvalue weighted by Gasteiger charge is 2.35. The molecular weight excluding hydrogens is 442 g/mol. The smallest absolute Gasteiger partial charge is 0.338 e. The predicted molar refractivity (Wildman–Crippen MR) is 129 cm³/mol. The Kier molecular flexibility index (Phi) is 7.89. The summed E-state index contributed by atoms with van der Waals surface area (Å²) in [6.07, 6.45) is 1.64. The molecule has 0 spiro atoms. The maximum absolute atomic E-state index is 12.7. The van der Waals surface area contributed by atoms with Crippen LogP contribution in [0.25, 0.3) is 6.08 Å². The summed E-state index contributed by atoms with van der Waals surface area (Å²) >= 11 is 0.864. The standard InChI is InChI=1S/C24H25N3O5S/c1-4-32-23(30)17-7-9-18(10-8-17)25-21(28)13-14-27-22(29)20(33-24(27)31)15-16-5-11-19(12-6-16)26(2)3/h5-12,15H,4,13-14H2,1-3H3,(H,25,28). The molecule has 1 aliphatic rings. The lowest BCUT2D eigenvalue weighted by Gasteiger charge is -2.12. The van der Waals surface area contributed by atoms with Crippen LogP contribution >= 0.6 is 11.8 Å². The van der Waals surface area contributed by atoms with Crippen LogP contribution in [0, 0.1) is 0 Å². The molecule has 3 amide bonds. The average molecular weight is 468 g/mol. The second kappa shape index (κ2) is 10.8. The van der Waals surface area contributed by atoms with Gasteiger partial charge >= 0.3 is 5.97 Å². The van der Waals surface area contributed by atoms with Crippen molar-refractivity contribution in [2.24, 2.45) is 0 Å². The van der Waals surface area contributed by atoms with E-state index < -0.39 is 17.1 Å². The summed E-state index contributed by atoms with van der Waals surface area (Å²) in [6, 6.07) is 13.9. The highest BCUT2D eigenvalue weighted by molar-refractivity contribution is 8.18. The first-order chi connectivity index (χ1) is 15.8. The van der Waals surface area contributed by atoms with E-state index in [0.717, 1.165) is 27.9 Å². The van der Waals surface area contributed by atoms with Gasteiger partial charge in [0.1, 0.15) is 0 Å². The van der Waals surface area contributed by atoms with Crippen molar-refractivity contribution in [3.8, 4) is 0 Å². The molecule has 0 bridgehead atoms. The first kappa shape index (κ1) is 24.1. The van der Waals surface area contributed by atoms with E-state index in [1.54, 1.807) is 37.3 Å². The van der Waals surface area contributed by atoms with E-state index in [9.17, 15) is 19.2 Å². The molecule has 1 fully saturated rings. The molecule has 0 aliphatic carbocycles. The number of nitrogens with zero attached hydrogens (tertiary/aromatic N) is 2. The Bertz CT molecular complexity index is 1080. The fourth-order valence-corrected chi connectivity index (χ4v) is 3.92. The number of carbonyl (C=O) groups is 4. The molecule has 8 nitrogen and oxygen atoms in total. The summed E-state index contributed by atoms with van der Waals surface area (Å²) in [4.78, 5) is 52.3. The summed E-state index contributed by atoms with van der Waals surface area (Å²) in [5, 5.41) is 2.29. The number of hydrogen-bond donors (Lipinski definition) is 1. The summed E-state index contributed by atoms with van der Waals surface area (Å²) in [7, 11) is 3.88. The van der Waals surface area contributed by atoms with Gasteiger partial charge in [-0.05, 0) is 66.7 Å². The Morgan fingerprint density at radius 3 is 2.33 bits per heavy atom. The van der Waals surface area contributed by atoms with Gasteiger partial charge in [0.05, 0.1) is 17.1 Å². The van der Waals surface area contributed by atoms with E-state index in [-0.39, 0.29) is 25.5 Å². The quantitative estimate of drug-likeness (QED) is 0.463. The van der Waals surface area contributed by atoms with Gasteiger partial charge in [-0.3, -0.25) is 19.3 Å². The SMILES string of the molecule is CCOC(=O)c1ccc(NC(=O)CCN2C(=O)SC(=Cc3ccc(N(C)C)cc3)C2=O)cc1. The number of ether oxygens (including phenoxy) is 1. The Balaban J connectivity index is 1.55. The predicted octanol–water partition coefficient (Wildman–Crippen LogP) is 3.99. The van der Waals surface area contributed by atoms with Crippen molar-refractivity contribution in [3.05, 3.63) is 64.6 Å².